The number of fused-ring (bicyclic) bond motifs is 1. The summed E-state index contributed by atoms with van der Waals surface area (Å²) in [6.07, 6.45) is 1.75. The van der Waals surface area contributed by atoms with Crippen molar-refractivity contribution in [1.82, 2.24) is 9.61 Å². The monoisotopic (exact) mass is 283 g/mol. The maximum absolute atomic E-state index is 11.9. The zero-order chi connectivity index (χ0) is 14.8. The van der Waals surface area contributed by atoms with Crippen molar-refractivity contribution in [3.8, 4) is 5.75 Å². The molecular weight excluding hydrogens is 270 g/mol. The number of hydrogen-bond donors (Lipinski definition) is 2. The maximum atomic E-state index is 11.9. The minimum absolute atomic E-state index is 0.175. The number of hydrogen-bond acceptors (Lipinski definition) is 5. The van der Waals surface area contributed by atoms with Gasteiger partial charge in [-0.25, -0.2) is 9.31 Å². The standard InChI is InChI=1S/C15H13N3O3/c1-21-15(20)14-13(12-4-2-3-9-18(12)17-14)16-10-5-7-11(19)8-6-10/h2-9,16,19H,1H3. The molecule has 0 saturated carbocycles. The molecule has 0 saturated heterocycles. The molecule has 0 amide bonds. The summed E-state index contributed by atoms with van der Waals surface area (Å²) in [6, 6.07) is 12.1. The highest BCUT2D eigenvalue weighted by Gasteiger charge is 2.19. The van der Waals surface area contributed by atoms with E-state index in [9.17, 15) is 9.90 Å². The number of carbonyl (C=O) groups is 1. The Labute approximate surface area is 120 Å². The van der Waals surface area contributed by atoms with Gasteiger partial charge in [-0.1, -0.05) is 6.07 Å². The molecule has 0 radical (unpaired) electrons. The van der Waals surface area contributed by atoms with Crippen LogP contribution >= 0.6 is 0 Å². The molecule has 0 spiro atoms. The number of methoxy groups -OCH3 is 1. The highest BCUT2D eigenvalue weighted by molar-refractivity contribution is 5.99. The summed E-state index contributed by atoms with van der Waals surface area (Å²) in [7, 11) is 1.32. The van der Waals surface area contributed by atoms with Crippen LogP contribution in [0.15, 0.2) is 48.7 Å². The second-order valence-corrected chi connectivity index (χ2v) is 4.42. The molecule has 0 aliphatic rings. The second kappa shape index (κ2) is 5.16. The summed E-state index contributed by atoms with van der Waals surface area (Å²) in [5.41, 5.74) is 2.26. The molecule has 21 heavy (non-hydrogen) atoms. The van der Waals surface area contributed by atoms with Crippen LogP contribution in [-0.2, 0) is 4.74 Å². The van der Waals surface area contributed by atoms with E-state index in [1.165, 1.54) is 7.11 Å². The van der Waals surface area contributed by atoms with Crippen LogP contribution in [0.3, 0.4) is 0 Å². The Balaban J connectivity index is 2.10. The molecule has 2 N–H and O–H groups in total. The van der Waals surface area contributed by atoms with E-state index in [1.807, 2.05) is 18.2 Å². The SMILES string of the molecule is COC(=O)c1nn2ccccc2c1Nc1ccc(O)cc1. The highest BCUT2D eigenvalue weighted by Crippen LogP contribution is 2.27. The van der Waals surface area contributed by atoms with Crippen LogP contribution in [0.25, 0.3) is 5.52 Å². The zero-order valence-corrected chi connectivity index (χ0v) is 11.3. The number of ether oxygens (including phenoxy) is 1. The Morgan fingerprint density at radius 3 is 2.71 bits per heavy atom. The molecule has 1 aromatic carbocycles. The average molecular weight is 283 g/mol. The van der Waals surface area contributed by atoms with E-state index in [4.69, 9.17) is 4.74 Å². The van der Waals surface area contributed by atoms with E-state index in [-0.39, 0.29) is 11.4 Å². The fraction of sp³-hybridized carbons (Fsp3) is 0.0667. The van der Waals surface area contributed by atoms with Gasteiger partial charge in [0.05, 0.1) is 12.6 Å². The molecule has 0 unspecified atom stereocenters. The lowest BCUT2D eigenvalue weighted by Crippen LogP contribution is -2.05. The Hall–Kier alpha value is -3.02. The number of aromatic nitrogens is 2. The smallest absolute Gasteiger partial charge is 0.360 e. The van der Waals surface area contributed by atoms with Crippen LogP contribution in [0.4, 0.5) is 11.4 Å². The lowest BCUT2D eigenvalue weighted by atomic mass is 10.2. The van der Waals surface area contributed by atoms with E-state index in [2.05, 4.69) is 10.4 Å². The maximum Gasteiger partial charge on any atom is 0.360 e. The summed E-state index contributed by atoms with van der Waals surface area (Å²) >= 11 is 0. The lowest BCUT2D eigenvalue weighted by Gasteiger charge is -2.06. The summed E-state index contributed by atoms with van der Waals surface area (Å²) in [4.78, 5) is 11.9. The molecule has 2 aromatic heterocycles. The van der Waals surface area contributed by atoms with Crippen molar-refractivity contribution in [1.29, 1.82) is 0 Å². The number of phenols is 1. The number of esters is 1. The van der Waals surface area contributed by atoms with Crippen molar-refractivity contribution in [2.45, 2.75) is 0 Å². The molecule has 0 bridgehead atoms. The Bertz CT molecular complexity index is 794. The number of nitrogens with zero attached hydrogens (tertiary/aromatic N) is 2. The molecule has 0 atom stereocenters. The third-order valence-corrected chi connectivity index (χ3v) is 3.06. The van der Waals surface area contributed by atoms with Crippen molar-refractivity contribution < 1.29 is 14.6 Å². The topological polar surface area (TPSA) is 75.9 Å². The number of benzene rings is 1. The van der Waals surface area contributed by atoms with Gasteiger partial charge >= 0.3 is 5.97 Å². The Kier molecular flexibility index (Phi) is 3.19. The highest BCUT2D eigenvalue weighted by atomic mass is 16.5. The molecule has 3 aromatic rings. The van der Waals surface area contributed by atoms with E-state index < -0.39 is 5.97 Å². The summed E-state index contributed by atoms with van der Waals surface area (Å²) in [5.74, 6) is -0.339. The van der Waals surface area contributed by atoms with E-state index in [0.29, 0.717) is 5.69 Å². The lowest BCUT2D eigenvalue weighted by molar-refractivity contribution is 0.0595. The number of phenolic OH excluding ortho intramolecular Hbond substituents is 1. The van der Waals surface area contributed by atoms with E-state index in [0.717, 1.165) is 11.2 Å². The van der Waals surface area contributed by atoms with Gasteiger partial charge in [-0.15, -0.1) is 0 Å². The average Bonchev–Trinajstić information content (AvgIpc) is 2.88. The number of nitrogens with one attached hydrogen (secondary N) is 1. The van der Waals surface area contributed by atoms with Gasteiger partial charge in [0.15, 0.2) is 5.69 Å². The van der Waals surface area contributed by atoms with Crippen LogP contribution in [-0.4, -0.2) is 27.8 Å². The number of carbonyl (C=O) groups excluding carboxylic acids is 1. The van der Waals surface area contributed by atoms with Gasteiger partial charge < -0.3 is 15.2 Å². The van der Waals surface area contributed by atoms with Crippen molar-refractivity contribution in [3.05, 3.63) is 54.4 Å². The first-order chi connectivity index (χ1) is 10.2. The van der Waals surface area contributed by atoms with Crippen LogP contribution in [0.2, 0.25) is 0 Å². The number of anilines is 2. The van der Waals surface area contributed by atoms with Crippen LogP contribution < -0.4 is 5.32 Å². The quantitative estimate of drug-likeness (QED) is 0.570. The molecule has 106 valence electrons. The van der Waals surface area contributed by atoms with Gasteiger partial charge in [0, 0.05) is 11.9 Å². The minimum atomic E-state index is -0.514. The Morgan fingerprint density at radius 1 is 1.24 bits per heavy atom. The van der Waals surface area contributed by atoms with Crippen molar-refractivity contribution in [2.24, 2.45) is 0 Å². The van der Waals surface area contributed by atoms with Gasteiger partial charge in [-0.2, -0.15) is 5.10 Å². The first-order valence-electron chi connectivity index (χ1n) is 6.31. The van der Waals surface area contributed by atoms with Gasteiger partial charge in [-0.05, 0) is 36.4 Å². The molecular formula is C15H13N3O3. The molecule has 0 aliphatic carbocycles. The van der Waals surface area contributed by atoms with Crippen LogP contribution in [0.1, 0.15) is 10.5 Å². The molecule has 6 nitrogen and oxygen atoms in total. The second-order valence-electron chi connectivity index (χ2n) is 4.42. The first kappa shape index (κ1) is 13.0. The molecule has 2 heterocycles. The van der Waals surface area contributed by atoms with Gasteiger partial charge in [0.1, 0.15) is 11.4 Å². The van der Waals surface area contributed by atoms with Gasteiger partial charge in [-0.3, -0.25) is 0 Å². The van der Waals surface area contributed by atoms with Gasteiger partial charge in [0.25, 0.3) is 0 Å². The fourth-order valence-corrected chi connectivity index (χ4v) is 2.05. The summed E-state index contributed by atoms with van der Waals surface area (Å²) < 4.78 is 6.37. The third-order valence-electron chi connectivity index (χ3n) is 3.06. The molecule has 3 rings (SSSR count). The predicted octanol–water partition coefficient (Wildman–Crippen LogP) is 2.57. The first-order valence-corrected chi connectivity index (χ1v) is 6.31. The fourth-order valence-electron chi connectivity index (χ4n) is 2.05. The molecule has 6 heteroatoms. The minimum Gasteiger partial charge on any atom is -0.508 e. The van der Waals surface area contributed by atoms with E-state index in [1.54, 1.807) is 35.0 Å². The molecule has 0 fully saturated rings. The zero-order valence-electron chi connectivity index (χ0n) is 11.3. The van der Waals surface area contributed by atoms with Gasteiger partial charge in [0.2, 0.25) is 0 Å². The number of rotatable bonds is 3. The summed E-state index contributed by atoms with van der Waals surface area (Å²) in [5, 5.41) is 16.7. The summed E-state index contributed by atoms with van der Waals surface area (Å²) in [6.45, 7) is 0. The van der Waals surface area contributed by atoms with Crippen LogP contribution in [0, 0.1) is 0 Å². The number of aromatic hydroxyl groups is 1. The molecule has 0 aliphatic heterocycles. The number of pyridine rings is 1. The largest absolute Gasteiger partial charge is 0.508 e. The van der Waals surface area contributed by atoms with Crippen molar-refractivity contribution in [3.63, 3.8) is 0 Å². The van der Waals surface area contributed by atoms with Crippen LogP contribution in [0.5, 0.6) is 5.75 Å². The predicted molar refractivity (Wildman–Crippen MR) is 77.9 cm³/mol. The normalized spacial score (nSPS) is 10.5. The Morgan fingerprint density at radius 2 is 2.00 bits per heavy atom. The third kappa shape index (κ3) is 2.38. The van der Waals surface area contributed by atoms with Crippen molar-refractivity contribution >= 4 is 22.9 Å². The van der Waals surface area contributed by atoms with Crippen molar-refractivity contribution in [2.75, 3.05) is 12.4 Å². The van der Waals surface area contributed by atoms with E-state index >= 15 is 0 Å².